The Labute approximate surface area is 331 Å². The van der Waals surface area contributed by atoms with Gasteiger partial charge in [-0.3, -0.25) is 0 Å². The molecule has 0 fully saturated rings. The first kappa shape index (κ1) is 53.5. The van der Waals surface area contributed by atoms with E-state index in [1.54, 1.807) is 0 Å². The molecular weight excluding hydrogens is 696 g/mol. The smallest absolute Gasteiger partial charge is 0.0701 e. The summed E-state index contributed by atoms with van der Waals surface area (Å²) in [6, 6.07) is 0. The molecule has 0 aromatic heterocycles. The first-order valence-electron chi connectivity index (χ1n) is 21.8. The van der Waals surface area contributed by atoms with Crippen LogP contribution >= 0.6 is 0 Å². The molecule has 0 atom stereocenters. The molecule has 0 aliphatic carbocycles. The van der Waals surface area contributed by atoms with Crippen LogP contribution in [0.3, 0.4) is 0 Å². The molecule has 0 N–H and O–H groups in total. The number of hydrogen-bond acceptors (Lipinski definition) is 12. The van der Waals surface area contributed by atoms with E-state index in [9.17, 15) is 0 Å². The molecule has 0 aliphatic heterocycles. The number of hydrogen-bond donors (Lipinski definition) is 0. The van der Waals surface area contributed by atoms with E-state index < -0.39 is 0 Å². The average Bonchev–Trinajstić information content (AvgIpc) is 3.18. The fourth-order valence-corrected chi connectivity index (χ4v) is 5.20. The van der Waals surface area contributed by atoms with Crippen LogP contribution in [0.5, 0.6) is 0 Å². The zero-order valence-corrected chi connectivity index (χ0v) is 35.2. The molecule has 54 heavy (non-hydrogen) atoms. The minimum absolute atomic E-state index is 0.522. The van der Waals surface area contributed by atoms with E-state index in [1.165, 1.54) is 89.9 Å². The molecule has 12 heteroatoms. The van der Waals surface area contributed by atoms with E-state index in [0.29, 0.717) is 145 Å². The molecule has 0 saturated heterocycles. The molecule has 326 valence electrons. The lowest BCUT2D eigenvalue weighted by atomic mass is 10.1. The summed E-state index contributed by atoms with van der Waals surface area (Å²) in [5.74, 6) is 0. The van der Waals surface area contributed by atoms with E-state index in [1.807, 2.05) is 0 Å². The van der Waals surface area contributed by atoms with Crippen molar-refractivity contribution in [3.8, 4) is 0 Å². The maximum absolute atomic E-state index is 5.66. The van der Waals surface area contributed by atoms with Gasteiger partial charge in [-0.25, -0.2) is 0 Å². The molecule has 0 spiro atoms. The second-order valence-electron chi connectivity index (χ2n) is 13.3. The van der Waals surface area contributed by atoms with Crippen molar-refractivity contribution in [3.63, 3.8) is 0 Å². The van der Waals surface area contributed by atoms with Crippen LogP contribution in [0.1, 0.15) is 117 Å². The quantitative estimate of drug-likeness (QED) is 0.0571. The van der Waals surface area contributed by atoms with Gasteiger partial charge in [0.15, 0.2) is 0 Å². The second-order valence-corrected chi connectivity index (χ2v) is 13.3. The van der Waals surface area contributed by atoms with Crippen LogP contribution in [0.15, 0.2) is 0 Å². The fraction of sp³-hybridized carbons (Fsp3) is 1.00. The zero-order chi connectivity index (χ0) is 38.8. The third-order valence-electron chi connectivity index (χ3n) is 8.38. The van der Waals surface area contributed by atoms with Gasteiger partial charge in [0.2, 0.25) is 0 Å². The third-order valence-corrected chi connectivity index (χ3v) is 8.38. The fourth-order valence-electron chi connectivity index (χ4n) is 5.20. The number of rotatable bonds is 51. The summed E-state index contributed by atoms with van der Waals surface area (Å²) in [6.07, 6.45) is 21.1. The lowest BCUT2D eigenvalue weighted by molar-refractivity contribution is -0.0284. The molecule has 12 nitrogen and oxygen atoms in total. The van der Waals surface area contributed by atoms with Crippen LogP contribution < -0.4 is 0 Å². The third kappa shape index (κ3) is 51.5. The van der Waals surface area contributed by atoms with E-state index >= 15 is 0 Å². The van der Waals surface area contributed by atoms with Crippen molar-refractivity contribution in [2.24, 2.45) is 0 Å². The van der Waals surface area contributed by atoms with Gasteiger partial charge in [0.05, 0.1) is 145 Å². The monoisotopic (exact) mass is 783 g/mol. The molecule has 0 bridgehead atoms. The molecule has 0 amide bonds. The first-order valence-corrected chi connectivity index (χ1v) is 21.8. The van der Waals surface area contributed by atoms with Crippen LogP contribution in [-0.4, -0.2) is 159 Å². The van der Waals surface area contributed by atoms with Gasteiger partial charge < -0.3 is 56.8 Å². The Kier molecular flexibility index (Phi) is 52.1. The molecule has 0 aromatic rings. The van der Waals surface area contributed by atoms with E-state index in [4.69, 9.17) is 56.8 Å². The first-order chi connectivity index (χ1) is 26.9. The van der Waals surface area contributed by atoms with Crippen molar-refractivity contribution in [1.29, 1.82) is 0 Å². The average molecular weight is 783 g/mol. The van der Waals surface area contributed by atoms with E-state index in [-0.39, 0.29) is 0 Å². The predicted octanol–water partition coefficient (Wildman–Crippen LogP) is 7.47. The van der Waals surface area contributed by atoms with E-state index in [0.717, 1.165) is 26.1 Å². The molecule has 0 heterocycles. The summed E-state index contributed by atoms with van der Waals surface area (Å²) in [4.78, 5) is 0. The summed E-state index contributed by atoms with van der Waals surface area (Å²) in [7, 11) is 0. The minimum atomic E-state index is 0.522. The zero-order valence-electron chi connectivity index (χ0n) is 35.2. The summed E-state index contributed by atoms with van der Waals surface area (Å²) >= 11 is 0. The van der Waals surface area contributed by atoms with Crippen LogP contribution in [0.2, 0.25) is 0 Å². The largest absolute Gasteiger partial charge is 0.379 e. The Balaban J connectivity index is 3.05. The standard InChI is InChI=1S/C42H86O12/c1-3-5-7-9-11-12-13-14-16-18-20-44-22-24-46-26-28-48-30-32-50-34-36-52-38-40-54-42-41-53-39-37-51-35-33-49-31-29-47-27-25-45-23-21-43-19-17-15-10-8-6-4-2/h3-42H2,1-2H3. The van der Waals surface area contributed by atoms with Crippen LogP contribution in [0.25, 0.3) is 0 Å². The highest BCUT2D eigenvalue weighted by molar-refractivity contribution is 4.48. The van der Waals surface area contributed by atoms with Gasteiger partial charge in [0, 0.05) is 13.2 Å². The van der Waals surface area contributed by atoms with Gasteiger partial charge in [0.1, 0.15) is 0 Å². The lowest BCUT2D eigenvalue weighted by Gasteiger charge is -2.09. The topological polar surface area (TPSA) is 111 Å². The normalized spacial score (nSPS) is 11.7. The van der Waals surface area contributed by atoms with Gasteiger partial charge in [-0.1, -0.05) is 104 Å². The molecule has 0 aromatic carbocycles. The number of ether oxygens (including phenoxy) is 12. The summed E-state index contributed by atoms with van der Waals surface area (Å²) in [5, 5.41) is 0. The van der Waals surface area contributed by atoms with Crippen molar-refractivity contribution < 1.29 is 56.8 Å². The molecule has 0 rings (SSSR count). The Morgan fingerprint density at radius 1 is 0.148 bits per heavy atom. The SMILES string of the molecule is CCCCCCCCCCCCOCCOCCOCCOCCOCCOCCOCCOCCOCCOCCOCCOCCCCCCCC. The molecule has 0 saturated carbocycles. The second kappa shape index (κ2) is 52.5. The molecule has 0 unspecified atom stereocenters. The Bertz CT molecular complexity index is 582. The number of unbranched alkanes of at least 4 members (excludes halogenated alkanes) is 14. The summed E-state index contributed by atoms with van der Waals surface area (Å²) < 4.78 is 66.5. The molecule has 0 aliphatic rings. The maximum atomic E-state index is 5.66. The van der Waals surface area contributed by atoms with Crippen molar-refractivity contribution in [2.75, 3.05) is 159 Å². The van der Waals surface area contributed by atoms with Crippen molar-refractivity contribution in [1.82, 2.24) is 0 Å². The predicted molar refractivity (Wildman–Crippen MR) is 215 cm³/mol. The Morgan fingerprint density at radius 3 is 0.444 bits per heavy atom. The van der Waals surface area contributed by atoms with Crippen molar-refractivity contribution >= 4 is 0 Å². The highest BCUT2D eigenvalue weighted by Gasteiger charge is 1.98. The highest BCUT2D eigenvalue weighted by Crippen LogP contribution is 2.10. The van der Waals surface area contributed by atoms with Gasteiger partial charge in [-0.15, -0.1) is 0 Å². The van der Waals surface area contributed by atoms with Crippen molar-refractivity contribution in [3.05, 3.63) is 0 Å². The van der Waals surface area contributed by atoms with Gasteiger partial charge in [-0.2, -0.15) is 0 Å². The summed E-state index contributed by atoms with van der Waals surface area (Å²) in [5.41, 5.74) is 0. The van der Waals surface area contributed by atoms with Crippen molar-refractivity contribution in [2.45, 2.75) is 117 Å². The van der Waals surface area contributed by atoms with Crippen LogP contribution in [0.4, 0.5) is 0 Å². The summed E-state index contributed by atoms with van der Waals surface area (Å²) in [6.45, 7) is 18.4. The Hall–Kier alpha value is -0.480. The van der Waals surface area contributed by atoms with Gasteiger partial charge in [0.25, 0.3) is 0 Å². The lowest BCUT2D eigenvalue weighted by Crippen LogP contribution is -2.15. The molecular formula is C42H86O12. The van der Waals surface area contributed by atoms with Gasteiger partial charge in [-0.05, 0) is 12.8 Å². The van der Waals surface area contributed by atoms with E-state index in [2.05, 4.69) is 13.8 Å². The maximum Gasteiger partial charge on any atom is 0.0701 e. The van der Waals surface area contributed by atoms with Crippen LogP contribution in [-0.2, 0) is 56.8 Å². The Morgan fingerprint density at radius 2 is 0.278 bits per heavy atom. The van der Waals surface area contributed by atoms with Crippen LogP contribution in [0, 0.1) is 0 Å². The minimum Gasteiger partial charge on any atom is -0.379 e. The molecule has 0 radical (unpaired) electrons. The highest BCUT2D eigenvalue weighted by atomic mass is 16.6. The van der Waals surface area contributed by atoms with Gasteiger partial charge >= 0.3 is 0 Å².